The highest BCUT2D eigenvalue weighted by molar-refractivity contribution is 6.30. The Morgan fingerprint density at radius 1 is 0.949 bits per heavy atom. The Balaban J connectivity index is 1.65. The lowest BCUT2D eigenvalue weighted by Crippen LogP contribution is -2.40. The predicted octanol–water partition coefficient (Wildman–Crippen LogP) is 5.94. The SMILES string of the molecule is CC(=O)OOc1ccc(C(=O)c2ccc(CCN(C[C@H](O)c3cccc(Cl)c3)C(=O)OC(C)(C)C)cc2)cc1. The Hall–Kier alpha value is -3.88. The molecule has 39 heavy (non-hydrogen) atoms. The van der Waals surface area contributed by atoms with Crippen molar-refractivity contribution in [2.24, 2.45) is 0 Å². The van der Waals surface area contributed by atoms with Crippen LogP contribution in [0.4, 0.5) is 4.79 Å². The minimum Gasteiger partial charge on any atom is -0.444 e. The van der Waals surface area contributed by atoms with Gasteiger partial charge in [0.05, 0.1) is 12.6 Å². The van der Waals surface area contributed by atoms with Crippen molar-refractivity contribution in [3.8, 4) is 5.75 Å². The number of rotatable bonds is 10. The van der Waals surface area contributed by atoms with Gasteiger partial charge >= 0.3 is 12.1 Å². The number of aliphatic hydroxyl groups is 1. The zero-order valence-electron chi connectivity index (χ0n) is 22.3. The first-order chi connectivity index (χ1) is 18.4. The zero-order valence-corrected chi connectivity index (χ0v) is 23.1. The van der Waals surface area contributed by atoms with Crippen LogP contribution in [0, 0.1) is 0 Å². The molecular formula is C30H32ClNO7. The number of halogens is 1. The third kappa shape index (κ3) is 9.42. The summed E-state index contributed by atoms with van der Waals surface area (Å²) in [7, 11) is 0. The van der Waals surface area contributed by atoms with Crippen molar-refractivity contribution < 1.29 is 34.0 Å². The van der Waals surface area contributed by atoms with Gasteiger partial charge in [0.15, 0.2) is 11.5 Å². The van der Waals surface area contributed by atoms with Crippen LogP contribution in [0.15, 0.2) is 72.8 Å². The van der Waals surface area contributed by atoms with Crippen LogP contribution in [0.3, 0.4) is 0 Å². The van der Waals surface area contributed by atoms with Crippen molar-refractivity contribution in [1.29, 1.82) is 0 Å². The number of nitrogens with zero attached hydrogens (tertiary/aromatic N) is 1. The Bertz CT molecular complexity index is 1280. The molecule has 0 aliphatic carbocycles. The van der Waals surface area contributed by atoms with E-state index in [1.165, 1.54) is 24.0 Å². The van der Waals surface area contributed by atoms with Crippen molar-refractivity contribution in [3.63, 3.8) is 0 Å². The summed E-state index contributed by atoms with van der Waals surface area (Å²) in [6.07, 6.45) is -0.989. The molecule has 0 saturated heterocycles. The first-order valence-corrected chi connectivity index (χ1v) is 12.8. The summed E-state index contributed by atoms with van der Waals surface area (Å²) in [5.41, 5.74) is 1.76. The molecule has 0 unspecified atom stereocenters. The van der Waals surface area contributed by atoms with Gasteiger partial charge in [-0.25, -0.2) is 9.59 Å². The number of carbonyl (C=O) groups excluding carboxylic acids is 3. The molecule has 9 heteroatoms. The molecule has 3 aromatic carbocycles. The van der Waals surface area contributed by atoms with Crippen molar-refractivity contribution in [2.45, 2.75) is 45.8 Å². The molecule has 0 bridgehead atoms. The van der Waals surface area contributed by atoms with E-state index in [-0.39, 0.29) is 12.3 Å². The molecule has 0 heterocycles. The summed E-state index contributed by atoms with van der Waals surface area (Å²) in [5, 5.41) is 11.3. The standard InChI is InChI=1S/C30H32ClNO7/c1-20(33)38-39-26-14-12-23(13-15-26)28(35)22-10-8-21(9-11-22)16-17-32(29(36)37-30(2,3)4)19-27(34)24-6-5-7-25(31)18-24/h5-15,18,27,34H,16-17,19H2,1-4H3/t27-/m0/s1. The van der Waals surface area contributed by atoms with Crippen LogP contribution in [0.25, 0.3) is 0 Å². The van der Waals surface area contributed by atoms with Crippen LogP contribution >= 0.6 is 11.6 Å². The van der Waals surface area contributed by atoms with E-state index in [1.54, 1.807) is 69.3 Å². The molecule has 0 spiro atoms. The molecule has 0 aliphatic rings. The summed E-state index contributed by atoms with van der Waals surface area (Å²) in [6, 6.07) is 20.2. The molecule has 0 radical (unpaired) electrons. The Labute approximate surface area is 233 Å². The fourth-order valence-corrected chi connectivity index (χ4v) is 3.83. The molecule has 0 saturated carbocycles. The van der Waals surface area contributed by atoms with E-state index in [9.17, 15) is 19.5 Å². The monoisotopic (exact) mass is 553 g/mol. The van der Waals surface area contributed by atoms with E-state index in [2.05, 4.69) is 4.89 Å². The van der Waals surface area contributed by atoms with Gasteiger partial charge in [-0.15, -0.1) is 0 Å². The summed E-state index contributed by atoms with van der Waals surface area (Å²) >= 11 is 6.06. The Morgan fingerprint density at radius 3 is 2.13 bits per heavy atom. The highest BCUT2D eigenvalue weighted by Gasteiger charge is 2.24. The van der Waals surface area contributed by atoms with E-state index in [0.717, 1.165) is 5.56 Å². The number of hydrogen-bond donors (Lipinski definition) is 1. The van der Waals surface area contributed by atoms with E-state index < -0.39 is 23.8 Å². The normalized spacial score (nSPS) is 11.8. The Kier molecular flexibility index (Phi) is 10.1. The molecule has 3 aromatic rings. The lowest BCUT2D eigenvalue weighted by molar-refractivity contribution is -0.210. The fraction of sp³-hybridized carbons (Fsp3) is 0.300. The smallest absolute Gasteiger partial charge is 0.410 e. The average molecular weight is 554 g/mol. The number of benzene rings is 3. The molecule has 1 N–H and O–H groups in total. The van der Waals surface area contributed by atoms with Crippen molar-refractivity contribution in [1.82, 2.24) is 4.90 Å². The van der Waals surface area contributed by atoms with Gasteiger partial charge in [-0.05, 0) is 74.7 Å². The quantitative estimate of drug-likeness (QED) is 0.188. The van der Waals surface area contributed by atoms with E-state index in [1.807, 2.05) is 12.1 Å². The zero-order chi connectivity index (χ0) is 28.6. The summed E-state index contributed by atoms with van der Waals surface area (Å²) < 4.78 is 5.56. The predicted molar refractivity (Wildman–Crippen MR) is 147 cm³/mol. The van der Waals surface area contributed by atoms with Gasteiger partial charge in [-0.3, -0.25) is 14.6 Å². The second kappa shape index (κ2) is 13.3. The summed E-state index contributed by atoms with van der Waals surface area (Å²) in [4.78, 5) is 47.4. The van der Waals surface area contributed by atoms with Gasteiger partial charge in [0, 0.05) is 29.6 Å². The summed E-state index contributed by atoms with van der Waals surface area (Å²) in [5.74, 6) is -0.463. The number of ether oxygens (including phenoxy) is 1. The minimum atomic E-state index is -0.943. The van der Waals surface area contributed by atoms with Crippen LogP contribution < -0.4 is 4.89 Å². The third-order valence-corrected chi connectivity index (χ3v) is 5.77. The van der Waals surface area contributed by atoms with Crippen LogP contribution in [0.5, 0.6) is 5.75 Å². The minimum absolute atomic E-state index is 0.0307. The van der Waals surface area contributed by atoms with Crippen molar-refractivity contribution in [2.75, 3.05) is 13.1 Å². The molecule has 0 aliphatic heterocycles. The lowest BCUT2D eigenvalue weighted by atomic mass is 10.0. The number of ketones is 1. The number of carbonyl (C=O) groups is 3. The van der Waals surface area contributed by atoms with Crippen LogP contribution in [0.1, 0.15) is 60.8 Å². The second-order valence-electron chi connectivity index (χ2n) is 9.96. The van der Waals surface area contributed by atoms with E-state index in [4.69, 9.17) is 21.2 Å². The van der Waals surface area contributed by atoms with E-state index >= 15 is 0 Å². The first kappa shape index (κ1) is 29.7. The molecule has 1 atom stereocenters. The molecule has 3 rings (SSSR count). The van der Waals surface area contributed by atoms with E-state index in [0.29, 0.717) is 40.4 Å². The largest absolute Gasteiger partial charge is 0.444 e. The molecule has 8 nitrogen and oxygen atoms in total. The van der Waals surface area contributed by atoms with Crippen molar-refractivity contribution in [3.05, 3.63) is 100 Å². The number of amides is 1. The average Bonchev–Trinajstić information content (AvgIpc) is 2.89. The van der Waals surface area contributed by atoms with Gasteiger partial charge in [0.1, 0.15) is 5.60 Å². The van der Waals surface area contributed by atoms with Crippen LogP contribution in [0.2, 0.25) is 5.02 Å². The van der Waals surface area contributed by atoms with Gasteiger partial charge < -0.3 is 14.7 Å². The third-order valence-electron chi connectivity index (χ3n) is 5.54. The van der Waals surface area contributed by atoms with Gasteiger partial charge in [-0.1, -0.05) is 48.0 Å². The fourth-order valence-electron chi connectivity index (χ4n) is 3.63. The Morgan fingerprint density at radius 2 is 1.56 bits per heavy atom. The van der Waals surface area contributed by atoms with Crippen molar-refractivity contribution >= 4 is 29.4 Å². The molecule has 0 aromatic heterocycles. The van der Waals surface area contributed by atoms with Gasteiger partial charge in [-0.2, -0.15) is 0 Å². The van der Waals surface area contributed by atoms with Crippen LogP contribution in [-0.2, 0) is 20.8 Å². The second-order valence-corrected chi connectivity index (χ2v) is 10.4. The molecular weight excluding hydrogens is 522 g/mol. The maximum Gasteiger partial charge on any atom is 0.410 e. The molecule has 0 fully saturated rings. The van der Waals surface area contributed by atoms with Gasteiger partial charge in [0.25, 0.3) is 0 Å². The van der Waals surface area contributed by atoms with Gasteiger partial charge in [0.2, 0.25) is 0 Å². The first-order valence-electron chi connectivity index (χ1n) is 12.4. The summed E-state index contributed by atoms with van der Waals surface area (Å²) in [6.45, 7) is 6.90. The maximum atomic E-state index is 12.9. The number of aliphatic hydroxyl groups excluding tert-OH is 1. The molecule has 206 valence electrons. The van der Waals surface area contributed by atoms with Crippen LogP contribution in [-0.4, -0.2) is 46.5 Å². The highest BCUT2D eigenvalue weighted by atomic mass is 35.5. The highest BCUT2D eigenvalue weighted by Crippen LogP contribution is 2.21. The number of hydrogen-bond acceptors (Lipinski definition) is 7. The topological polar surface area (TPSA) is 102 Å². The lowest BCUT2D eigenvalue weighted by Gasteiger charge is -2.29. The maximum absolute atomic E-state index is 12.9. The molecule has 1 amide bonds.